The summed E-state index contributed by atoms with van der Waals surface area (Å²) >= 11 is 0. The van der Waals surface area contributed by atoms with Gasteiger partial charge in [0.1, 0.15) is 17.8 Å². The Hall–Kier alpha value is -2.10. The third kappa shape index (κ3) is 1.82. The third-order valence-corrected chi connectivity index (χ3v) is 2.27. The zero-order chi connectivity index (χ0) is 11.4. The lowest BCUT2D eigenvalue weighted by Gasteiger charge is -2.11. The number of nitrogens with zero attached hydrogens (tertiary/aromatic N) is 2. The number of methoxy groups -OCH3 is 2. The standard InChI is InChI=1S/C12H12N2O2/c1-15-10-4-3-5-11(16-2)12(10)9-6-7-13-8-14-9/h3-8H,1-2H3. The van der Waals surface area contributed by atoms with E-state index in [1.54, 1.807) is 20.4 Å². The van der Waals surface area contributed by atoms with Gasteiger partial charge in [0.25, 0.3) is 0 Å². The van der Waals surface area contributed by atoms with Crippen LogP contribution in [0.15, 0.2) is 36.8 Å². The number of ether oxygens (including phenoxy) is 2. The van der Waals surface area contributed by atoms with Crippen molar-refractivity contribution in [3.05, 3.63) is 36.8 Å². The molecule has 16 heavy (non-hydrogen) atoms. The fourth-order valence-corrected chi connectivity index (χ4v) is 1.54. The molecule has 0 bridgehead atoms. The predicted octanol–water partition coefficient (Wildman–Crippen LogP) is 2.16. The number of rotatable bonds is 3. The lowest BCUT2D eigenvalue weighted by molar-refractivity contribution is 0.397. The van der Waals surface area contributed by atoms with Crippen molar-refractivity contribution in [3.8, 4) is 22.8 Å². The van der Waals surface area contributed by atoms with E-state index >= 15 is 0 Å². The molecular formula is C12H12N2O2. The number of benzene rings is 1. The van der Waals surface area contributed by atoms with E-state index in [9.17, 15) is 0 Å². The van der Waals surface area contributed by atoms with Crippen LogP contribution in [0, 0.1) is 0 Å². The van der Waals surface area contributed by atoms with E-state index in [-0.39, 0.29) is 0 Å². The highest BCUT2D eigenvalue weighted by molar-refractivity contribution is 5.73. The van der Waals surface area contributed by atoms with E-state index in [0.29, 0.717) is 0 Å². The largest absolute Gasteiger partial charge is 0.496 e. The zero-order valence-electron chi connectivity index (χ0n) is 9.18. The van der Waals surface area contributed by atoms with Gasteiger partial charge in [-0.15, -0.1) is 0 Å². The summed E-state index contributed by atoms with van der Waals surface area (Å²) in [7, 11) is 3.25. The highest BCUT2D eigenvalue weighted by atomic mass is 16.5. The molecule has 0 fully saturated rings. The number of hydrogen-bond acceptors (Lipinski definition) is 4. The lowest BCUT2D eigenvalue weighted by Crippen LogP contribution is -1.94. The normalized spacial score (nSPS) is 9.88. The Morgan fingerprint density at radius 2 is 1.69 bits per heavy atom. The second-order valence-corrected chi connectivity index (χ2v) is 3.13. The van der Waals surface area contributed by atoms with E-state index < -0.39 is 0 Å². The average Bonchev–Trinajstić information content (AvgIpc) is 2.38. The highest BCUT2D eigenvalue weighted by Crippen LogP contribution is 2.36. The lowest BCUT2D eigenvalue weighted by atomic mass is 10.1. The molecule has 2 rings (SSSR count). The van der Waals surface area contributed by atoms with Gasteiger partial charge in [0, 0.05) is 6.20 Å². The quantitative estimate of drug-likeness (QED) is 0.788. The first-order valence-corrected chi connectivity index (χ1v) is 4.84. The molecule has 4 nitrogen and oxygen atoms in total. The monoisotopic (exact) mass is 216 g/mol. The van der Waals surface area contributed by atoms with E-state index in [1.807, 2.05) is 24.3 Å². The summed E-state index contributed by atoms with van der Waals surface area (Å²) < 4.78 is 10.6. The van der Waals surface area contributed by atoms with E-state index in [1.165, 1.54) is 6.33 Å². The van der Waals surface area contributed by atoms with Crippen molar-refractivity contribution >= 4 is 0 Å². The molecule has 2 aromatic rings. The Morgan fingerprint density at radius 1 is 1.00 bits per heavy atom. The third-order valence-electron chi connectivity index (χ3n) is 2.27. The van der Waals surface area contributed by atoms with Crippen LogP contribution in [0.2, 0.25) is 0 Å². The molecule has 0 saturated carbocycles. The van der Waals surface area contributed by atoms with Crippen molar-refractivity contribution in [2.24, 2.45) is 0 Å². The minimum atomic E-state index is 0.734. The molecule has 0 atom stereocenters. The molecule has 0 N–H and O–H groups in total. The summed E-state index contributed by atoms with van der Waals surface area (Å²) in [6, 6.07) is 7.45. The molecule has 1 heterocycles. The Balaban J connectivity index is 2.62. The predicted molar refractivity (Wildman–Crippen MR) is 60.6 cm³/mol. The van der Waals surface area contributed by atoms with Crippen LogP contribution in [-0.4, -0.2) is 24.2 Å². The van der Waals surface area contributed by atoms with Crippen molar-refractivity contribution in [1.82, 2.24) is 9.97 Å². The van der Waals surface area contributed by atoms with Gasteiger partial charge in [-0.1, -0.05) is 6.07 Å². The van der Waals surface area contributed by atoms with Gasteiger partial charge in [0.05, 0.1) is 25.5 Å². The number of aromatic nitrogens is 2. The van der Waals surface area contributed by atoms with Crippen LogP contribution in [0.5, 0.6) is 11.5 Å². The van der Waals surface area contributed by atoms with Crippen LogP contribution in [0.1, 0.15) is 0 Å². The first-order valence-electron chi connectivity index (χ1n) is 4.84. The molecule has 0 aliphatic heterocycles. The Kier molecular flexibility index (Phi) is 3.00. The average molecular weight is 216 g/mol. The maximum atomic E-state index is 5.30. The van der Waals surface area contributed by atoms with Crippen molar-refractivity contribution in [2.45, 2.75) is 0 Å². The molecular weight excluding hydrogens is 204 g/mol. The zero-order valence-corrected chi connectivity index (χ0v) is 9.18. The Morgan fingerprint density at radius 3 is 2.19 bits per heavy atom. The molecule has 0 saturated heterocycles. The van der Waals surface area contributed by atoms with E-state index in [0.717, 1.165) is 22.8 Å². The van der Waals surface area contributed by atoms with Crippen molar-refractivity contribution in [1.29, 1.82) is 0 Å². The fourth-order valence-electron chi connectivity index (χ4n) is 1.54. The second kappa shape index (κ2) is 4.61. The van der Waals surface area contributed by atoms with Crippen molar-refractivity contribution < 1.29 is 9.47 Å². The smallest absolute Gasteiger partial charge is 0.132 e. The molecule has 0 spiro atoms. The molecule has 0 unspecified atom stereocenters. The van der Waals surface area contributed by atoms with Gasteiger partial charge in [-0.2, -0.15) is 0 Å². The van der Waals surface area contributed by atoms with Crippen LogP contribution in [0.25, 0.3) is 11.3 Å². The van der Waals surface area contributed by atoms with Crippen LogP contribution in [0.4, 0.5) is 0 Å². The molecule has 1 aromatic heterocycles. The van der Waals surface area contributed by atoms with Crippen LogP contribution in [0.3, 0.4) is 0 Å². The van der Waals surface area contributed by atoms with Gasteiger partial charge in [-0.3, -0.25) is 0 Å². The Labute approximate surface area is 93.9 Å². The van der Waals surface area contributed by atoms with Gasteiger partial charge in [0.2, 0.25) is 0 Å². The second-order valence-electron chi connectivity index (χ2n) is 3.13. The van der Waals surface area contributed by atoms with Gasteiger partial charge in [-0.05, 0) is 18.2 Å². The maximum Gasteiger partial charge on any atom is 0.132 e. The number of hydrogen-bond donors (Lipinski definition) is 0. The summed E-state index contributed by atoms with van der Waals surface area (Å²) in [5.74, 6) is 1.47. The van der Waals surface area contributed by atoms with Gasteiger partial charge >= 0.3 is 0 Å². The van der Waals surface area contributed by atoms with Crippen LogP contribution >= 0.6 is 0 Å². The van der Waals surface area contributed by atoms with Gasteiger partial charge in [0.15, 0.2) is 0 Å². The van der Waals surface area contributed by atoms with E-state index in [2.05, 4.69) is 9.97 Å². The first-order chi connectivity index (χ1) is 7.86. The van der Waals surface area contributed by atoms with Gasteiger partial charge in [-0.25, -0.2) is 9.97 Å². The molecule has 0 amide bonds. The SMILES string of the molecule is COc1cccc(OC)c1-c1ccncn1. The summed E-state index contributed by atoms with van der Waals surface area (Å²) in [5.41, 5.74) is 1.62. The maximum absolute atomic E-state index is 5.30. The molecule has 4 heteroatoms. The summed E-state index contributed by atoms with van der Waals surface area (Å²) in [5, 5.41) is 0. The molecule has 82 valence electrons. The topological polar surface area (TPSA) is 44.2 Å². The summed E-state index contributed by atoms with van der Waals surface area (Å²) in [4.78, 5) is 8.08. The van der Waals surface area contributed by atoms with Crippen LogP contribution < -0.4 is 9.47 Å². The molecule has 0 radical (unpaired) electrons. The first kappa shape index (κ1) is 10.4. The highest BCUT2D eigenvalue weighted by Gasteiger charge is 2.12. The fraction of sp³-hybridized carbons (Fsp3) is 0.167. The summed E-state index contributed by atoms with van der Waals surface area (Å²) in [6.45, 7) is 0. The van der Waals surface area contributed by atoms with E-state index in [4.69, 9.17) is 9.47 Å². The molecule has 1 aromatic carbocycles. The Bertz CT molecular complexity index is 449. The minimum Gasteiger partial charge on any atom is -0.496 e. The summed E-state index contributed by atoms with van der Waals surface area (Å²) in [6.07, 6.45) is 3.19. The van der Waals surface area contributed by atoms with Crippen LogP contribution in [-0.2, 0) is 0 Å². The molecule has 0 aliphatic rings. The van der Waals surface area contributed by atoms with Crippen molar-refractivity contribution in [2.75, 3.05) is 14.2 Å². The van der Waals surface area contributed by atoms with Gasteiger partial charge < -0.3 is 9.47 Å². The molecule has 0 aliphatic carbocycles. The van der Waals surface area contributed by atoms with Crippen molar-refractivity contribution in [3.63, 3.8) is 0 Å². The minimum absolute atomic E-state index is 0.734.